The highest BCUT2D eigenvalue weighted by Gasteiger charge is 2.24. The first-order valence-corrected chi connectivity index (χ1v) is 4.71. The molecule has 3 rings (SSSR count). The summed E-state index contributed by atoms with van der Waals surface area (Å²) < 4.78 is 4.25. The smallest absolute Gasteiger partial charge is 0.233 e. The quantitative estimate of drug-likeness (QED) is 0.536. The van der Waals surface area contributed by atoms with Crippen molar-refractivity contribution in [2.45, 2.75) is 6.04 Å². The normalized spacial score (nSPS) is 22.1. The van der Waals surface area contributed by atoms with Crippen molar-refractivity contribution in [2.24, 2.45) is 7.05 Å². The van der Waals surface area contributed by atoms with E-state index in [0.29, 0.717) is 6.04 Å². The Hall–Kier alpha value is -1.77. The van der Waals surface area contributed by atoms with Gasteiger partial charge >= 0.3 is 0 Å². The molecule has 0 bridgehead atoms. The highest BCUT2D eigenvalue weighted by Crippen LogP contribution is 2.04. The van der Waals surface area contributed by atoms with E-state index in [-0.39, 0.29) is 0 Å². The molecule has 3 nitrogen and oxygen atoms in total. The number of rotatable bonds is 0. The second kappa shape index (κ2) is 2.38. The molecule has 1 aromatic heterocycles. The van der Waals surface area contributed by atoms with Crippen molar-refractivity contribution in [2.75, 3.05) is 5.73 Å². The summed E-state index contributed by atoms with van der Waals surface area (Å²) in [6.07, 6.45) is 10.6. The lowest BCUT2D eigenvalue weighted by Crippen LogP contribution is -2.33. The van der Waals surface area contributed by atoms with Gasteiger partial charge in [0.1, 0.15) is 11.2 Å². The predicted molar refractivity (Wildman–Crippen MR) is 56.8 cm³/mol. The van der Waals surface area contributed by atoms with Crippen LogP contribution in [0.25, 0.3) is 6.08 Å². The second-order valence-corrected chi connectivity index (χ2v) is 3.69. The van der Waals surface area contributed by atoms with Gasteiger partial charge in [-0.2, -0.15) is 4.58 Å². The molecule has 0 aromatic carbocycles. The lowest BCUT2D eigenvalue weighted by Gasteiger charge is -2.02. The zero-order chi connectivity index (χ0) is 9.71. The molecule has 2 aliphatic heterocycles. The van der Waals surface area contributed by atoms with E-state index in [0.717, 1.165) is 5.82 Å². The van der Waals surface area contributed by atoms with Crippen LogP contribution in [-0.4, -0.2) is 10.6 Å². The summed E-state index contributed by atoms with van der Waals surface area (Å²) in [6, 6.07) is 2.40. The SMILES string of the molecule is Cn1c(N)cc2c1=CC1C=CC=C[N+]=21. The first-order valence-electron chi connectivity index (χ1n) is 4.71. The Morgan fingerprint density at radius 2 is 2.29 bits per heavy atom. The van der Waals surface area contributed by atoms with Crippen LogP contribution in [0.3, 0.4) is 0 Å². The molecular formula is C11H12N3+. The molecule has 2 aliphatic rings. The monoisotopic (exact) mass is 186 g/mol. The van der Waals surface area contributed by atoms with Crippen LogP contribution >= 0.6 is 0 Å². The van der Waals surface area contributed by atoms with Crippen LogP contribution in [0, 0.1) is 0 Å². The fourth-order valence-electron chi connectivity index (χ4n) is 2.08. The van der Waals surface area contributed by atoms with E-state index in [1.165, 1.54) is 10.7 Å². The Morgan fingerprint density at radius 1 is 1.43 bits per heavy atom. The standard InChI is InChI=1S/C11H11N3/c1-13-9-6-8-4-2-3-5-14(8)10(9)7-11(13)12/h2-8,12H,1H3/p+1. The zero-order valence-corrected chi connectivity index (χ0v) is 8.01. The van der Waals surface area contributed by atoms with Crippen molar-refractivity contribution < 1.29 is 0 Å². The van der Waals surface area contributed by atoms with Crippen molar-refractivity contribution in [3.63, 3.8) is 0 Å². The van der Waals surface area contributed by atoms with Crippen LogP contribution in [0.5, 0.6) is 0 Å². The van der Waals surface area contributed by atoms with Gasteiger partial charge in [0.25, 0.3) is 0 Å². The van der Waals surface area contributed by atoms with E-state index in [1.807, 2.05) is 23.8 Å². The average molecular weight is 186 g/mol. The fraction of sp³-hybridized carbons (Fsp3) is 0.182. The minimum Gasteiger partial charge on any atom is -0.385 e. The van der Waals surface area contributed by atoms with Gasteiger partial charge in [0.05, 0.1) is 6.07 Å². The molecular weight excluding hydrogens is 174 g/mol. The molecule has 3 heterocycles. The van der Waals surface area contributed by atoms with Crippen LogP contribution in [0.4, 0.5) is 5.82 Å². The molecule has 0 saturated carbocycles. The fourth-order valence-corrected chi connectivity index (χ4v) is 2.08. The summed E-state index contributed by atoms with van der Waals surface area (Å²) >= 11 is 0. The zero-order valence-electron chi connectivity index (χ0n) is 8.01. The summed E-state index contributed by atoms with van der Waals surface area (Å²) in [5.41, 5.74) is 5.85. The third-order valence-electron chi connectivity index (χ3n) is 2.89. The van der Waals surface area contributed by atoms with Gasteiger partial charge in [-0.3, -0.25) is 0 Å². The maximum atomic E-state index is 5.85. The van der Waals surface area contributed by atoms with Gasteiger partial charge in [0, 0.05) is 19.2 Å². The average Bonchev–Trinajstić information content (AvgIpc) is 2.67. The molecule has 2 N–H and O–H groups in total. The van der Waals surface area contributed by atoms with E-state index in [1.54, 1.807) is 0 Å². The summed E-state index contributed by atoms with van der Waals surface area (Å²) in [7, 11) is 2.00. The number of anilines is 1. The second-order valence-electron chi connectivity index (χ2n) is 3.69. The number of hydrogen-bond acceptors (Lipinski definition) is 1. The van der Waals surface area contributed by atoms with Crippen molar-refractivity contribution in [3.05, 3.63) is 41.2 Å². The number of hydrogen-bond donors (Lipinski definition) is 1. The van der Waals surface area contributed by atoms with Crippen LogP contribution in [0.1, 0.15) is 0 Å². The van der Waals surface area contributed by atoms with Gasteiger partial charge in [0.2, 0.25) is 5.36 Å². The van der Waals surface area contributed by atoms with Gasteiger partial charge in [-0.05, 0) is 6.08 Å². The van der Waals surface area contributed by atoms with Crippen LogP contribution in [0.15, 0.2) is 30.5 Å². The third kappa shape index (κ3) is 0.789. The van der Waals surface area contributed by atoms with Crippen LogP contribution in [0.2, 0.25) is 0 Å². The summed E-state index contributed by atoms with van der Waals surface area (Å²) in [5.74, 6) is 0.813. The van der Waals surface area contributed by atoms with Gasteiger partial charge in [-0.25, -0.2) is 0 Å². The summed E-state index contributed by atoms with van der Waals surface area (Å²) in [6.45, 7) is 0. The number of fused-ring (bicyclic) bond motifs is 2. The molecule has 1 aromatic rings. The van der Waals surface area contributed by atoms with E-state index < -0.39 is 0 Å². The molecule has 0 amide bonds. The first kappa shape index (κ1) is 7.62. The van der Waals surface area contributed by atoms with E-state index in [4.69, 9.17) is 5.73 Å². The molecule has 0 fully saturated rings. The van der Waals surface area contributed by atoms with E-state index in [9.17, 15) is 0 Å². The van der Waals surface area contributed by atoms with Crippen molar-refractivity contribution in [1.29, 1.82) is 0 Å². The Kier molecular flexibility index (Phi) is 1.29. The topological polar surface area (TPSA) is 34.0 Å². The van der Waals surface area contributed by atoms with Crippen molar-refractivity contribution in [3.8, 4) is 0 Å². The van der Waals surface area contributed by atoms with Gasteiger partial charge < -0.3 is 10.3 Å². The van der Waals surface area contributed by atoms with Crippen LogP contribution < -0.4 is 21.0 Å². The largest absolute Gasteiger partial charge is 0.385 e. The van der Waals surface area contributed by atoms with Crippen molar-refractivity contribution in [1.82, 2.24) is 9.14 Å². The van der Waals surface area contributed by atoms with E-state index >= 15 is 0 Å². The molecule has 70 valence electrons. The lowest BCUT2D eigenvalue weighted by atomic mass is 10.2. The van der Waals surface area contributed by atoms with E-state index in [2.05, 4.69) is 29.0 Å². The predicted octanol–water partition coefficient (Wildman–Crippen LogP) is -0.655. The molecule has 14 heavy (non-hydrogen) atoms. The Morgan fingerprint density at radius 3 is 3.14 bits per heavy atom. The lowest BCUT2D eigenvalue weighted by molar-refractivity contribution is 0.733. The maximum Gasteiger partial charge on any atom is 0.233 e. The summed E-state index contributed by atoms with van der Waals surface area (Å²) in [5, 5.41) is 2.42. The maximum absolute atomic E-state index is 5.85. The number of nitrogens with two attached hydrogens (primary N) is 1. The third-order valence-corrected chi connectivity index (χ3v) is 2.89. The Labute approximate surface area is 81.8 Å². The molecule has 3 heteroatoms. The van der Waals surface area contributed by atoms with Gasteiger partial charge in [0.15, 0.2) is 12.2 Å². The number of aromatic nitrogens is 1. The molecule has 1 unspecified atom stereocenters. The van der Waals surface area contributed by atoms with Gasteiger partial charge in [-0.1, -0.05) is 6.08 Å². The van der Waals surface area contributed by atoms with Crippen LogP contribution in [-0.2, 0) is 7.05 Å². The molecule has 0 saturated heterocycles. The minimum atomic E-state index is 0.372. The Bertz CT molecular complexity index is 572. The van der Waals surface area contributed by atoms with Crippen molar-refractivity contribution >= 4 is 11.9 Å². The number of nitrogens with zero attached hydrogens (tertiary/aromatic N) is 2. The first-order chi connectivity index (χ1) is 6.77. The molecule has 0 radical (unpaired) electrons. The summed E-state index contributed by atoms with van der Waals surface area (Å²) in [4.78, 5) is 0. The highest BCUT2D eigenvalue weighted by atomic mass is 15.1. The number of nitrogen functional groups attached to an aromatic ring is 1. The molecule has 0 spiro atoms. The minimum absolute atomic E-state index is 0.372. The number of allylic oxidation sites excluding steroid dienone is 2. The molecule has 1 atom stereocenters. The highest BCUT2D eigenvalue weighted by molar-refractivity contribution is 5.45. The Balaban J connectivity index is 2.44. The van der Waals surface area contributed by atoms with Gasteiger partial charge in [-0.15, -0.1) is 0 Å². The molecule has 0 aliphatic carbocycles.